The fourth-order valence-electron chi connectivity index (χ4n) is 3.35. The first-order valence-corrected chi connectivity index (χ1v) is 9.78. The van der Waals surface area contributed by atoms with E-state index in [0.717, 1.165) is 17.1 Å². The van der Waals surface area contributed by atoms with Gasteiger partial charge in [-0.25, -0.2) is 0 Å². The Morgan fingerprint density at radius 2 is 1.93 bits per heavy atom. The van der Waals surface area contributed by atoms with Gasteiger partial charge >= 0.3 is 0 Å². The number of halogens is 1. The third-order valence-electron chi connectivity index (χ3n) is 4.75. The van der Waals surface area contributed by atoms with Gasteiger partial charge in [-0.05, 0) is 56.7 Å². The molecule has 1 aliphatic rings. The number of fused-ring (bicyclic) bond motifs is 1. The van der Waals surface area contributed by atoms with Crippen molar-refractivity contribution in [3.05, 3.63) is 53.1 Å². The highest BCUT2D eigenvalue weighted by molar-refractivity contribution is 6.30. The van der Waals surface area contributed by atoms with Gasteiger partial charge in [-0.15, -0.1) is 0 Å². The Morgan fingerprint density at radius 3 is 2.57 bits per heavy atom. The predicted octanol–water partition coefficient (Wildman–Crippen LogP) is 4.92. The Kier molecular flexibility index (Phi) is 6.04. The Labute approximate surface area is 170 Å². The number of amides is 1. The van der Waals surface area contributed by atoms with Gasteiger partial charge in [0.2, 0.25) is 0 Å². The Hall–Kier alpha value is -2.40. The number of nitrogens with one attached hydrogen (secondary N) is 1. The van der Waals surface area contributed by atoms with Crippen LogP contribution in [-0.2, 0) is 4.79 Å². The van der Waals surface area contributed by atoms with Crippen LogP contribution < -0.4 is 19.5 Å². The average Bonchev–Trinajstić information content (AvgIpc) is 2.66. The molecule has 28 heavy (non-hydrogen) atoms. The second-order valence-electron chi connectivity index (χ2n) is 7.50. The molecule has 1 N–H and O–H groups in total. The molecule has 0 fully saturated rings. The maximum atomic E-state index is 12.9. The summed E-state index contributed by atoms with van der Waals surface area (Å²) >= 11 is 5.91. The Balaban J connectivity index is 1.77. The summed E-state index contributed by atoms with van der Waals surface area (Å²) in [4.78, 5) is 12.9. The van der Waals surface area contributed by atoms with Gasteiger partial charge in [-0.2, -0.15) is 0 Å². The summed E-state index contributed by atoms with van der Waals surface area (Å²) in [7, 11) is 1.62. The third-order valence-corrected chi connectivity index (χ3v) is 5.00. The van der Waals surface area contributed by atoms with Crippen LogP contribution in [0.5, 0.6) is 17.2 Å². The van der Waals surface area contributed by atoms with Gasteiger partial charge in [-0.3, -0.25) is 4.79 Å². The molecule has 0 aliphatic carbocycles. The molecule has 1 amide bonds. The van der Waals surface area contributed by atoms with Crippen LogP contribution in [0.15, 0.2) is 42.5 Å². The Morgan fingerprint density at radius 1 is 1.25 bits per heavy atom. The summed E-state index contributed by atoms with van der Waals surface area (Å²) in [5.74, 6) is 1.91. The molecule has 2 atom stereocenters. The van der Waals surface area contributed by atoms with Gasteiger partial charge in [-0.1, -0.05) is 18.5 Å². The van der Waals surface area contributed by atoms with Crippen LogP contribution in [0.4, 0.5) is 0 Å². The third kappa shape index (κ3) is 4.71. The second-order valence-corrected chi connectivity index (χ2v) is 7.94. The van der Waals surface area contributed by atoms with Crippen molar-refractivity contribution in [1.29, 1.82) is 0 Å². The summed E-state index contributed by atoms with van der Waals surface area (Å²) in [6.45, 7) is 5.94. The number of ether oxygens (including phenoxy) is 3. The van der Waals surface area contributed by atoms with E-state index in [-0.39, 0.29) is 11.9 Å². The summed E-state index contributed by atoms with van der Waals surface area (Å²) < 4.78 is 17.3. The summed E-state index contributed by atoms with van der Waals surface area (Å²) in [5.41, 5.74) is 0.533. The summed E-state index contributed by atoms with van der Waals surface area (Å²) in [6.07, 6.45) is 0.625. The zero-order chi connectivity index (χ0) is 20.3. The van der Waals surface area contributed by atoms with Crippen LogP contribution in [0, 0.1) is 0 Å². The number of carbonyl (C=O) groups is 1. The summed E-state index contributed by atoms with van der Waals surface area (Å²) in [6, 6.07) is 12.5. The molecule has 1 heterocycles. The van der Waals surface area contributed by atoms with Crippen LogP contribution in [0.2, 0.25) is 5.02 Å². The van der Waals surface area contributed by atoms with Crippen molar-refractivity contribution < 1.29 is 19.0 Å². The van der Waals surface area contributed by atoms with Crippen molar-refractivity contribution >= 4 is 17.5 Å². The molecule has 0 aromatic heterocycles. The maximum absolute atomic E-state index is 12.9. The fourth-order valence-corrected chi connectivity index (χ4v) is 3.48. The van der Waals surface area contributed by atoms with Crippen LogP contribution in [0.25, 0.3) is 0 Å². The maximum Gasteiger partial charge on any atom is 0.261 e. The van der Waals surface area contributed by atoms with Crippen LogP contribution in [-0.4, -0.2) is 24.7 Å². The zero-order valence-electron chi connectivity index (χ0n) is 16.6. The van der Waals surface area contributed by atoms with Crippen LogP contribution in [0.3, 0.4) is 0 Å². The quantitative estimate of drug-likeness (QED) is 0.743. The molecule has 0 saturated heterocycles. The van der Waals surface area contributed by atoms with Gasteiger partial charge in [0.15, 0.2) is 6.10 Å². The molecule has 3 rings (SSSR count). The minimum absolute atomic E-state index is 0.151. The molecule has 0 saturated carbocycles. The van der Waals surface area contributed by atoms with Crippen molar-refractivity contribution in [2.45, 2.75) is 51.4 Å². The number of hydrogen-bond donors (Lipinski definition) is 1. The fraction of sp³-hybridized carbons (Fsp3) is 0.409. The van der Waals surface area contributed by atoms with Crippen molar-refractivity contribution in [2.75, 3.05) is 7.11 Å². The van der Waals surface area contributed by atoms with Crippen molar-refractivity contribution in [3.8, 4) is 17.2 Å². The van der Waals surface area contributed by atoms with E-state index in [4.69, 9.17) is 25.8 Å². The van der Waals surface area contributed by atoms with E-state index in [1.165, 1.54) is 0 Å². The lowest BCUT2D eigenvalue weighted by Crippen LogP contribution is -2.45. The average molecular weight is 404 g/mol. The highest BCUT2D eigenvalue weighted by Gasteiger charge is 2.36. The highest BCUT2D eigenvalue weighted by Crippen LogP contribution is 2.41. The normalized spacial score (nSPS) is 18.4. The number of benzene rings is 2. The summed E-state index contributed by atoms with van der Waals surface area (Å²) in [5, 5.41) is 3.77. The lowest BCUT2D eigenvalue weighted by Gasteiger charge is -2.38. The van der Waals surface area contributed by atoms with E-state index in [9.17, 15) is 4.79 Å². The topological polar surface area (TPSA) is 56.8 Å². The largest absolute Gasteiger partial charge is 0.497 e. The van der Waals surface area contributed by atoms with E-state index in [1.807, 2.05) is 39.0 Å². The lowest BCUT2D eigenvalue weighted by atomic mass is 9.89. The molecule has 0 bridgehead atoms. The van der Waals surface area contributed by atoms with Crippen molar-refractivity contribution in [3.63, 3.8) is 0 Å². The number of rotatable bonds is 6. The minimum Gasteiger partial charge on any atom is -0.497 e. The van der Waals surface area contributed by atoms with Gasteiger partial charge in [0.05, 0.1) is 13.2 Å². The molecule has 5 nitrogen and oxygen atoms in total. The van der Waals surface area contributed by atoms with Crippen molar-refractivity contribution in [2.24, 2.45) is 0 Å². The molecule has 0 unspecified atom stereocenters. The first-order chi connectivity index (χ1) is 13.3. The van der Waals surface area contributed by atoms with E-state index >= 15 is 0 Å². The molecule has 0 spiro atoms. The first-order valence-electron chi connectivity index (χ1n) is 9.41. The number of methoxy groups -OCH3 is 1. The van der Waals surface area contributed by atoms with E-state index in [1.54, 1.807) is 31.4 Å². The zero-order valence-corrected chi connectivity index (χ0v) is 17.4. The Bertz CT molecular complexity index is 835. The van der Waals surface area contributed by atoms with Gasteiger partial charge in [0, 0.05) is 23.1 Å². The SMILES string of the molecule is CC[C@H](Oc1ccc(Cl)cc1)C(=O)N[C@@H]1CC(C)(C)Oc2cc(OC)ccc21. The molecule has 150 valence electrons. The van der Waals surface area contributed by atoms with E-state index < -0.39 is 11.7 Å². The van der Waals surface area contributed by atoms with Crippen LogP contribution in [0.1, 0.15) is 45.2 Å². The molecule has 2 aromatic rings. The second kappa shape index (κ2) is 8.31. The van der Waals surface area contributed by atoms with Gasteiger partial charge < -0.3 is 19.5 Å². The molecule has 6 heteroatoms. The van der Waals surface area contributed by atoms with E-state index in [0.29, 0.717) is 23.6 Å². The lowest BCUT2D eigenvalue weighted by molar-refractivity contribution is -0.129. The number of hydrogen-bond acceptors (Lipinski definition) is 4. The number of carbonyl (C=O) groups excluding carboxylic acids is 1. The van der Waals surface area contributed by atoms with Gasteiger partial charge in [0.25, 0.3) is 5.91 Å². The monoisotopic (exact) mass is 403 g/mol. The van der Waals surface area contributed by atoms with Crippen LogP contribution >= 0.6 is 11.6 Å². The molecular weight excluding hydrogens is 378 g/mol. The molecular formula is C22H26ClNO4. The first kappa shape index (κ1) is 20.3. The molecule has 1 aliphatic heterocycles. The standard InChI is InChI=1S/C22H26ClNO4/c1-5-19(27-15-8-6-14(23)7-9-15)21(25)24-18-13-22(2,3)28-20-12-16(26-4)10-11-17(18)20/h6-12,18-19H,5,13H2,1-4H3,(H,24,25)/t18-,19+/m1/s1. The highest BCUT2D eigenvalue weighted by atomic mass is 35.5. The van der Waals surface area contributed by atoms with Crippen molar-refractivity contribution in [1.82, 2.24) is 5.32 Å². The molecule has 2 aromatic carbocycles. The minimum atomic E-state index is -0.589. The molecule has 0 radical (unpaired) electrons. The predicted molar refractivity (Wildman–Crippen MR) is 109 cm³/mol. The van der Waals surface area contributed by atoms with Gasteiger partial charge in [0.1, 0.15) is 22.8 Å². The van der Waals surface area contributed by atoms with E-state index in [2.05, 4.69) is 5.32 Å². The smallest absolute Gasteiger partial charge is 0.261 e.